The van der Waals surface area contributed by atoms with E-state index in [0.717, 1.165) is 0 Å². The number of carboxylic acids is 1. The lowest BCUT2D eigenvalue weighted by Crippen LogP contribution is -2.18. The Morgan fingerprint density at radius 2 is 2.08 bits per heavy atom. The number of H-pyrrole nitrogens is 2. The number of carboxylic acid groups (broad SMARTS) is 1. The minimum Gasteiger partial charge on any atom is -0.477 e. The monoisotopic (exact) mass is 325 g/mol. The number of aliphatic imine (C=N–C) groups is 1. The van der Waals surface area contributed by atoms with Gasteiger partial charge in [0, 0.05) is 18.3 Å². The van der Waals surface area contributed by atoms with Crippen LogP contribution in [0, 0.1) is 6.92 Å². The molecule has 0 spiro atoms. The number of para-hydroxylation sites is 1. The zero-order chi connectivity index (χ0) is 17.1. The van der Waals surface area contributed by atoms with Crippen LogP contribution in [-0.2, 0) is 11.2 Å². The van der Waals surface area contributed by atoms with Gasteiger partial charge in [0.25, 0.3) is 5.56 Å². The molecule has 0 aliphatic rings. The lowest BCUT2D eigenvalue weighted by molar-refractivity contribution is -0.129. The number of carbonyl (C=O) groups is 1. The van der Waals surface area contributed by atoms with Gasteiger partial charge in [-0.15, -0.1) is 0 Å². The molecule has 0 unspecified atom stereocenters. The van der Waals surface area contributed by atoms with Gasteiger partial charge in [-0.3, -0.25) is 9.89 Å². The van der Waals surface area contributed by atoms with Gasteiger partial charge in [0.05, 0.1) is 17.7 Å². The molecule has 0 radical (unpaired) electrons. The summed E-state index contributed by atoms with van der Waals surface area (Å²) in [6, 6.07) is 9.00. The van der Waals surface area contributed by atoms with Crippen LogP contribution >= 0.6 is 0 Å². The molecule has 0 aliphatic carbocycles. The fraction of sp³-hybridized carbons (Fsp3) is 0.125. The molecule has 3 aromatic rings. The fourth-order valence-electron chi connectivity index (χ4n) is 2.29. The van der Waals surface area contributed by atoms with Crippen LogP contribution in [0.5, 0.6) is 0 Å². The molecule has 1 aromatic carbocycles. The third kappa shape index (κ3) is 3.02. The second kappa shape index (κ2) is 6.37. The molecule has 0 saturated heterocycles. The number of aryl methyl sites for hydroxylation is 1. The number of hydrogen-bond donors (Lipinski definition) is 3. The van der Waals surface area contributed by atoms with Crippen molar-refractivity contribution < 1.29 is 9.90 Å². The SMILES string of the molecule is Cc1[nH]n(-c2ccccc2)c(=O)c1N=C(Cc1cnc[nH]1)C(=O)O. The normalized spacial score (nSPS) is 11.6. The Bertz CT molecular complexity index is 936. The smallest absolute Gasteiger partial charge is 0.350 e. The van der Waals surface area contributed by atoms with Gasteiger partial charge in [-0.1, -0.05) is 18.2 Å². The predicted molar refractivity (Wildman–Crippen MR) is 88.1 cm³/mol. The Morgan fingerprint density at radius 1 is 1.33 bits per heavy atom. The lowest BCUT2D eigenvalue weighted by atomic mass is 10.2. The molecule has 3 rings (SSSR count). The predicted octanol–water partition coefficient (Wildman–Crippen LogP) is 1.60. The van der Waals surface area contributed by atoms with Crippen molar-refractivity contribution in [3.05, 3.63) is 64.6 Å². The second-order valence-electron chi connectivity index (χ2n) is 5.18. The summed E-state index contributed by atoms with van der Waals surface area (Å²) in [5.74, 6) is -1.18. The summed E-state index contributed by atoms with van der Waals surface area (Å²) in [6.45, 7) is 1.68. The van der Waals surface area contributed by atoms with Crippen molar-refractivity contribution in [1.82, 2.24) is 19.7 Å². The van der Waals surface area contributed by atoms with E-state index < -0.39 is 11.5 Å². The molecule has 0 aliphatic heterocycles. The summed E-state index contributed by atoms with van der Waals surface area (Å²) in [7, 11) is 0. The van der Waals surface area contributed by atoms with Gasteiger partial charge in [-0.05, 0) is 19.1 Å². The van der Waals surface area contributed by atoms with Gasteiger partial charge >= 0.3 is 5.97 Å². The first-order valence-corrected chi connectivity index (χ1v) is 7.21. The number of aromatic amines is 2. The average Bonchev–Trinajstić information content (AvgIpc) is 3.18. The van der Waals surface area contributed by atoms with Gasteiger partial charge in [-0.25, -0.2) is 19.5 Å². The molecule has 0 saturated carbocycles. The van der Waals surface area contributed by atoms with Crippen molar-refractivity contribution in [3.8, 4) is 5.69 Å². The van der Waals surface area contributed by atoms with Crippen LogP contribution in [0.15, 0.2) is 52.6 Å². The average molecular weight is 325 g/mol. The molecule has 3 N–H and O–H groups in total. The molecule has 8 nitrogen and oxygen atoms in total. The van der Waals surface area contributed by atoms with Crippen molar-refractivity contribution in [3.63, 3.8) is 0 Å². The third-order valence-electron chi connectivity index (χ3n) is 3.46. The second-order valence-corrected chi connectivity index (χ2v) is 5.18. The zero-order valence-corrected chi connectivity index (χ0v) is 12.9. The number of aromatic nitrogens is 4. The molecule has 24 heavy (non-hydrogen) atoms. The fourth-order valence-corrected chi connectivity index (χ4v) is 2.29. The van der Waals surface area contributed by atoms with Gasteiger partial charge < -0.3 is 10.1 Å². The minimum absolute atomic E-state index is 0.0464. The van der Waals surface area contributed by atoms with Crippen molar-refractivity contribution >= 4 is 17.4 Å². The molecular weight excluding hydrogens is 310 g/mol. The maximum Gasteiger partial charge on any atom is 0.350 e. The summed E-state index contributed by atoms with van der Waals surface area (Å²) in [5.41, 5.74) is 1.29. The van der Waals surface area contributed by atoms with Crippen LogP contribution in [0.2, 0.25) is 0 Å². The maximum atomic E-state index is 12.6. The van der Waals surface area contributed by atoms with Crippen molar-refractivity contribution in [2.45, 2.75) is 13.3 Å². The van der Waals surface area contributed by atoms with Crippen LogP contribution in [0.4, 0.5) is 5.69 Å². The highest BCUT2D eigenvalue weighted by molar-refractivity contribution is 6.36. The summed E-state index contributed by atoms with van der Waals surface area (Å²) < 4.78 is 1.34. The van der Waals surface area contributed by atoms with Crippen molar-refractivity contribution in [1.29, 1.82) is 0 Å². The minimum atomic E-state index is -1.18. The third-order valence-corrected chi connectivity index (χ3v) is 3.46. The highest BCUT2D eigenvalue weighted by atomic mass is 16.4. The van der Waals surface area contributed by atoms with E-state index in [1.54, 1.807) is 19.1 Å². The van der Waals surface area contributed by atoms with Crippen molar-refractivity contribution in [2.75, 3.05) is 0 Å². The molecule has 2 heterocycles. The van der Waals surface area contributed by atoms with Crippen LogP contribution < -0.4 is 5.56 Å². The molecule has 0 atom stereocenters. The standard InChI is InChI=1S/C16H15N5O3/c1-10-14(15(22)21(20-10)12-5-3-2-4-6-12)19-13(16(23)24)7-11-8-17-9-18-11/h2-6,8-9,20H,7H2,1H3,(H,17,18)(H,23,24). The van der Waals surface area contributed by atoms with Gasteiger partial charge in [-0.2, -0.15) is 0 Å². The largest absolute Gasteiger partial charge is 0.477 e. The van der Waals surface area contributed by atoms with Crippen LogP contribution in [0.1, 0.15) is 11.4 Å². The number of imidazole rings is 1. The first-order valence-electron chi connectivity index (χ1n) is 7.21. The van der Waals surface area contributed by atoms with E-state index in [4.69, 9.17) is 0 Å². The quantitative estimate of drug-likeness (QED) is 0.618. The molecule has 0 fully saturated rings. The molecule has 0 bridgehead atoms. The summed E-state index contributed by atoms with van der Waals surface area (Å²) in [5, 5.41) is 12.3. The van der Waals surface area contributed by atoms with E-state index in [1.165, 1.54) is 17.2 Å². The summed E-state index contributed by atoms with van der Waals surface area (Å²) in [6.07, 6.45) is 3.02. The van der Waals surface area contributed by atoms with Crippen LogP contribution in [0.25, 0.3) is 5.69 Å². The topological polar surface area (TPSA) is 116 Å². The highest BCUT2D eigenvalue weighted by Crippen LogP contribution is 2.15. The number of hydrogen-bond acceptors (Lipinski definition) is 4. The van der Waals surface area contributed by atoms with Crippen LogP contribution in [-0.4, -0.2) is 36.5 Å². The lowest BCUT2D eigenvalue weighted by Gasteiger charge is -1.99. The Balaban J connectivity index is 2.03. The Kier molecular flexibility index (Phi) is 4.11. The van der Waals surface area contributed by atoms with Gasteiger partial charge in [0.1, 0.15) is 5.71 Å². The Morgan fingerprint density at radius 3 is 2.71 bits per heavy atom. The summed E-state index contributed by atoms with van der Waals surface area (Å²) >= 11 is 0. The van der Waals surface area contributed by atoms with Gasteiger partial charge in [0.15, 0.2) is 5.69 Å². The molecule has 0 amide bonds. The number of nitrogens with zero attached hydrogens (tertiary/aromatic N) is 3. The number of nitrogens with one attached hydrogen (secondary N) is 2. The number of rotatable bonds is 5. The van der Waals surface area contributed by atoms with E-state index >= 15 is 0 Å². The van der Waals surface area contributed by atoms with E-state index in [2.05, 4.69) is 20.1 Å². The summed E-state index contributed by atoms with van der Waals surface area (Å²) in [4.78, 5) is 34.8. The number of benzene rings is 1. The van der Waals surface area contributed by atoms with Crippen LogP contribution in [0.3, 0.4) is 0 Å². The number of aliphatic carboxylic acids is 1. The van der Waals surface area contributed by atoms with Gasteiger partial charge in [0.2, 0.25) is 0 Å². The molecule has 122 valence electrons. The first kappa shape index (κ1) is 15.5. The maximum absolute atomic E-state index is 12.6. The van der Waals surface area contributed by atoms with E-state index in [-0.39, 0.29) is 17.8 Å². The Labute approximate surface area is 136 Å². The molecule has 8 heteroatoms. The Hall–Kier alpha value is -3.42. The zero-order valence-electron chi connectivity index (χ0n) is 12.9. The van der Waals surface area contributed by atoms with Crippen molar-refractivity contribution in [2.24, 2.45) is 4.99 Å². The molecular formula is C16H15N5O3. The first-order chi connectivity index (χ1) is 11.6. The highest BCUT2D eigenvalue weighted by Gasteiger charge is 2.17. The van der Waals surface area contributed by atoms with E-state index in [1.807, 2.05) is 18.2 Å². The molecule has 2 aromatic heterocycles. The van der Waals surface area contributed by atoms with E-state index in [9.17, 15) is 14.7 Å². The van der Waals surface area contributed by atoms with E-state index in [0.29, 0.717) is 17.1 Å².